The first-order chi connectivity index (χ1) is 11.6. The van der Waals surface area contributed by atoms with E-state index in [1.165, 1.54) is 11.3 Å². The quantitative estimate of drug-likeness (QED) is 0.724. The van der Waals surface area contributed by atoms with Crippen molar-refractivity contribution in [2.45, 2.75) is 12.5 Å². The molecule has 0 saturated heterocycles. The Morgan fingerprint density at radius 2 is 1.75 bits per heavy atom. The molecule has 0 bridgehead atoms. The van der Waals surface area contributed by atoms with Gasteiger partial charge in [-0.25, -0.2) is 4.79 Å². The number of halogens is 1. The highest BCUT2D eigenvalue weighted by molar-refractivity contribution is 7.21. The molecule has 3 aromatic rings. The molecule has 1 amide bonds. The second-order valence-electron chi connectivity index (χ2n) is 5.30. The third-order valence-electron chi connectivity index (χ3n) is 3.63. The van der Waals surface area contributed by atoms with Crippen molar-refractivity contribution in [2.24, 2.45) is 0 Å². The van der Waals surface area contributed by atoms with E-state index < -0.39 is 17.9 Å². The maximum atomic E-state index is 12.5. The van der Waals surface area contributed by atoms with Gasteiger partial charge in [0.05, 0.1) is 5.02 Å². The van der Waals surface area contributed by atoms with Crippen LogP contribution in [0.25, 0.3) is 10.1 Å². The summed E-state index contributed by atoms with van der Waals surface area (Å²) in [5.41, 5.74) is 0.840. The van der Waals surface area contributed by atoms with E-state index in [0.717, 1.165) is 15.6 Å². The number of fused-ring (bicyclic) bond motifs is 1. The van der Waals surface area contributed by atoms with E-state index in [9.17, 15) is 14.7 Å². The van der Waals surface area contributed by atoms with E-state index in [2.05, 4.69) is 5.32 Å². The van der Waals surface area contributed by atoms with E-state index in [1.54, 1.807) is 0 Å². The summed E-state index contributed by atoms with van der Waals surface area (Å²) in [6.45, 7) is 0. The van der Waals surface area contributed by atoms with Gasteiger partial charge in [-0.15, -0.1) is 11.3 Å². The Morgan fingerprint density at radius 3 is 2.42 bits per heavy atom. The SMILES string of the molecule is O=C(N[C@H](Cc1ccccc1)C(=O)O)c1sc2ccccc2c1Cl. The molecular weight excluding hydrogens is 346 g/mol. The van der Waals surface area contributed by atoms with Crippen molar-refractivity contribution in [3.8, 4) is 0 Å². The first-order valence-electron chi connectivity index (χ1n) is 7.31. The number of carboxylic acid groups (broad SMARTS) is 1. The van der Waals surface area contributed by atoms with Crippen molar-refractivity contribution in [1.82, 2.24) is 5.32 Å². The molecular formula is C18H14ClNO3S. The molecule has 0 radical (unpaired) electrons. The van der Waals surface area contributed by atoms with Crippen LogP contribution in [-0.2, 0) is 11.2 Å². The molecule has 3 rings (SSSR count). The summed E-state index contributed by atoms with van der Waals surface area (Å²) < 4.78 is 0.891. The lowest BCUT2D eigenvalue weighted by molar-refractivity contribution is -0.139. The van der Waals surface area contributed by atoms with Crippen LogP contribution in [0.4, 0.5) is 0 Å². The predicted molar refractivity (Wildman–Crippen MR) is 95.9 cm³/mol. The summed E-state index contributed by atoms with van der Waals surface area (Å²) in [7, 11) is 0. The Kier molecular flexibility index (Phi) is 4.83. The number of carboxylic acids is 1. The standard InChI is InChI=1S/C18H14ClNO3S/c19-15-12-8-4-5-9-14(12)24-16(15)17(21)20-13(18(22)23)10-11-6-2-1-3-7-11/h1-9,13H,10H2,(H,20,21)(H,22,23)/t13-/m1/s1. The van der Waals surface area contributed by atoms with E-state index in [-0.39, 0.29) is 6.42 Å². The van der Waals surface area contributed by atoms with Gasteiger partial charge in [-0.3, -0.25) is 4.79 Å². The maximum absolute atomic E-state index is 12.5. The highest BCUT2D eigenvalue weighted by atomic mass is 35.5. The lowest BCUT2D eigenvalue weighted by Gasteiger charge is -2.14. The second-order valence-corrected chi connectivity index (χ2v) is 6.73. The monoisotopic (exact) mass is 359 g/mol. The van der Waals surface area contributed by atoms with Crippen LogP contribution in [-0.4, -0.2) is 23.0 Å². The average molecular weight is 360 g/mol. The van der Waals surface area contributed by atoms with Crippen molar-refractivity contribution in [3.63, 3.8) is 0 Å². The summed E-state index contributed by atoms with van der Waals surface area (Å²) >= 11 is 7.53. The molecule has 0 fully saturated rings. The maximum Gasteiger partial charge on any atom is 0.326 e. The number of rotatable bonds is 5. The number of benzene rings is 2. The van der Waals surface area contributed by atoms with Gasteiger partial charge < -0.3 is 10.4 Å². The third-order valence-corrected chi connectivity index (χ3v) is 5.30. The van der Waals surface area contributed by atoms with Gasteiger partial charge in [0.1, 0.15) is 10.9 Å². The van der Waals surface area contributed by atoms with Crippen molar-refractivity contribution in [1.29, 1.82) is 0 Å². The molecule has 122 valence electrons. The van der Waals surface area contributed by atoms with Gasteiger partial charge in [-0.05, 0) is 11.6 Å². The van der Waals surface area contributed by atoms with Crippen LogP contribution >= 0.6 is 22.9 Å². The molecule has 0 unspecified atom stereocenters. The Morgan fingerprint density at radius 1 is 1.08 bits per heavy atom. The summed E-state index contributed by atoms with van der Waals surface area (Å²) in [5.74, 6) is -1.55. The lowest BCUT2D eigenvalue weighted by Crippen LogP contribution is -2.42. The molecule has 0 aliphatic heterocycles. The van der Waals surface area contributed by atoms with E-state index >= 15 is 0 Å². The van der Waals surface area contributed by atoms with Crippen LogP contribution in [0.1, 0.15) is 15.2 Å². The number of hydrogen-bond acceptors (Lipinski definition) is 3. The fraction of sp³-hybridized carbons (Fsp3) is 0.111. The molecule has 2 aromatic carbocycles. The minimum absolute atomic E-state index is 0.213. The first-order valence-corrected chi connectivity index (χ1v) is 8.50. The first kappa shape index (κ1) is 16.5. The number of aliphatic carboxylic acids is 1. The highest BCUT2D eigenvalue weighted by Crippen LogP contribution is 2.35. The molecule has 2 N–H and O–H groups in total. The summed E-state index contributed by atoms with van der Waals surface area (Å²) in [6.07, 6.45) is 0.213. The number of carbonyl (C=O) groups is 2. The van der Waals surface area contributed by atoms with Crippen molar-refractivity contribution in [3.05, 3.63) is 70.1 Å². The minimum atomic E-state index is -1.08. The molecule has 6 heteroatoms. The van der Waals surface area contributed by atoms with Crippen molar-refractivity contribution in [2.75, 3.05) is 0 Å². The normalized spacial score (nSPS) is 12.0. The van der Waals surface area contributed by atoms with Gasteiger partial charge in [-0.2, -0.15) is 0 Å². The largest absolute Gasteiger partial charge is 0.480 e. The van der Waals surface area contributed by atoms with Crippen LogP contribution in [0, 0.1) is 0 Å². The van der Waals surface area contributed by atoms with Crippen LogP contribution in [0.15, 0.2) is 54.6 Å². The Labute approximate surface area is 147 Å². The molecule has 1 aromatic heterocycles. The zero-order valence-corrected chi connectivity index (χ0v) is 14.1. The number of carbonyl (C=O) groups excluding carboxylic acids is 1. The van der Waals surface area contributed by atoms with Gasteiger partial charge in [0.25, 0.3) is 5.91 Å². The lowest BCUT2D eigenvalue weighted by atomic mass is 10.1. The topological polar surface area (TPSA) is 66.4 Å². The number of nitrogens with one attached hydrogen (secondary N) is 1. The van der Waals surface area contributed by atoms with Crippen molar-refractivity contribution < 1.29 is 14.7 Å². The molecule has 0 aliphatic carbocycles. The molecule has 0 saturated carbocycles. The molecule has 0 spiro atoms. The highest BCUT2D eigenvalue weighted by Gasteiger charge is 2.24. The minimum Gasteiger partial charge on any atom is -0.480 e. The fourth-order valence-electron chi connectivity index (χ4n) is 2.43. The van der Waals surface area contributed by atoms with Gasteiger partial charge in [0, 0.05) is 16.5 Å². The number of thiophene rings is 1. The van der Waals surface area contributed by atoms with Crippen LogP contribution in [0.5, 0.6) is 0 Å². The molecule has 1 atom stereocenters. The van der Waals surface area contributed by atoms with E-state index in [4.69, 9.17) is 11.6 Å². The Hall–Kier alpha value is -2.37. The molecule has 0 aliphatic rings. The van der Waals surface area contributed by atoms with E-state index in [0.29, 0.717) is 9.90 Å². The average Bonchev–Trinajstić information content (AvgIpc) is 2.92. The Bertz CT molecular complexity index is 892. The zero-order valence-electron chi connectivity index (χ0n) is 12.5. The van der Waals surface area contributed by atoms with Crippen LogP contribution in [0.3, 0.4) is 0 Å². The van der Waals surface area contributed by atoms with Gasteiger partial charge in [0.2, 0.25) is 0 Å². The second kappa shape index (κ2) is 7.03. The number of hydrogen-bond donors (Lipinski definition) is 2. The van der Waals surface area contributed by atoms with Crippen molar-refractivity contribution >= 4 is 44.9 Å². The van der Waals surface area contributed by atoms with Crippen LogP contribution < -0.4 is 5.32 Å². The predicted octanol–water partition coefficient (Wildman–Crippen LogP) is 3.98. The molecule has 1 heterocycles. The van der Waals surface area contributed by atoms with Gasteiger partial charge >= 0.3 is 5.97 Å². The van der Waals surface area contributed by atoms with Gasteiger partial charge in [0.15, 0.2) is 0 Å². The zero-order chi connectivity index (χ0) is 17.1. The summed E-state index contributed by atoms with van der Waals surface area (Å²) in [6, 6.07) is 15.6. The smallest absolute Gasteiger partial charge is 0.326 e. The van der Waals surface area contributed by atoms with Gasteiger partial charge in [-0.1, -0.05) is 60.1 Å². The Balaban J connectivity index is 1.82. The van der Waals surface area contributed by atoms with Crippen LogP contribution in [0.2, 0.25) is 5.02 Å². The number of amides is 1. The molecule has 24 heavy (non-hydrogen) atoms. The van der Waals surface area contributed by atoms with E-state index in [1.807, 2.05) is 54.6 Å². The summed E-state index contributed by atoms with van der Waals surface area (Å²) in [4.78, 5) is 24.3. The molecule has 4 nitrogen and oxygen atoms in total. The summed E-state index contributed by atoms with van der Waals surface area (Å²) in [5, 5.41) is 13.1. The third kappa shape index (κ3) is 3.42. The fourth-order valence-corrected chi connectivity index (χ4v) is 3.85.